The third kappa shape index (κ3) is 2.41. The van der Waals surface area contributed by atoms with Crippen molar-refractivity contribution in [2.45, 2.75) is 0 Å². The summed E-state index contributed by atoms with van der Waals surface area (Å²) in [6, 6.07) is 2.99. The summed E-state index contributed by atoms with van der Waals surface area (Å²) in [6.45, 7) is 0. The van der Waals surface area contributed by atoms with Crippen LogP contribution in [0.2, 0.25) is 5.15 Å². The van der Waals surface area contributed by atoms with Crippen LogP contribution in [0.3, 0.4) is 0 Å². The molecule has 0 aliphatic carbocycles. The molecule has 0 fully saturated rings. The molecular formula is C7H5ClN2O3. The third-order valence-corrected chi connectivity index (χ3v) is 1.50. The third-order valence-electron chi connectivity index (χ3n) is 1.20. The first-order chi connectivity index (χ1) is 6.11. The van der Waals surface area contributed by atoms with E-state index < -0.39 is 11.9 Å². The molecule has 13 heavy (non-hydrogen) atoms. The molecule has 1 aromatic heterocycles. The monoisotopic (exact) mass is 200 g/mol. The van der Waals surface area contributed by atoms with E-state index >= 15 is 0 Å². The molecule has 1 heterocycles. The highest BCUT2D eigenvalue weighted by atomic mass is 35.5. The summed E-state index contributed by atoms with van der Waals surface area (Å²) in [5.74, 6) is -2.71. The van der Waals surface area contributed by atoms with E-state index in [0.717, 1.165) is 0 Å². The zero-order valence-corrected chi connectivity index (χ0v) is 7.08. The second-order valence-electron chi connectivity index (χ2n) is 2.10. The maximum atomic E-state index is 10.7. The van der Waals surface area contributed by atoms with E-state index in [4.69, 9.17) is 16.7 Å². The van der Waals surface area contributed by atoms with E-state index in [2.05, 4.69) is 10.3 Å². The lowest BCUT2D eigenvalue weighted by molar-refractivity contribution is -0.147. The average Bonchev–Trinajstić information content (AvgIpc) is 2.08. The Morgan fingerprint density at radius 1 is 1.54 bits per heavy atom. The molecule has 0 spiro atoms. The van der Waals surface area contributed by atoms with Crippen molar-refractivity contribution in [2.24, 2.45) is 0 Å². The van der Waals surface area contributed by atoms with E-state index in [1.807, 2.05) is 0 Å². The van der Waals surface area contributed by atoms with Crippen LogP contribution in [0.4, 0.5) is 5.69 Å². The molecule has 5 nitrogen and oxygen atoms in total. The Morgan fingerprint density at radius 2 is 2.23 bits per heavy atom. The number of pyridine rings is 1. The molecule has 0 saturated heterocycles. The maximum absolute atomic E-state index is 10.7. The van der Waals surface area contributed by atoms with Crippen LogP contribution < -0.4 is 5.32 Å². The van der Waals surface area contributed by atoms with E-state index in [9.17, 15) is 9.59 Å². The van der Waals surface area contributed by atoms with Crippen molar-refractivity contribution in [3.8, 4) is 0 Å². The number of hydrogen-bond acceptors (Lipinski definition) is 3. The zero-order chi connectivity index (χ0) is 9.84. The molecule has 0 atom stereocenters. The Labute approximate surface area is 78.4 Å². The summed E-state index contributed by atoms with van der Waals surface area (Å²) < 4.78 is 0. The van der Waals surface area contributed by atoms with Gasteiger partial charge in [-0.2, -0.15) is 0 Å². The van der Waals surface area contributed by atoms with E-state index in [1.165, 1.54) is 18.3 Å². The largest absolute Gasteiger partial charge is 0.474 e. The van der Waals surface area contributed by atoms with Crippen LogP contribution >= 0.6 is 11.6 Å². The number of nitrogens with zero attached hydrogens (tertiary/aromatic N) is 1. The number of aliphatic carboxylic acids is 1. The van der Waals surface area contributed by atoms with Gasteiger partial charge in [-0.1, -0.05) is 11.6 Å². The molecule has 2 N–H and O–H groups in total. The lowest BCUT2D eigenvalue weighted by atomic mass is 10.4. The highest BCUT2D eigenvalue weighted by Crippen LogP contribution is 2.16. The predicted octanol–water partition coefficient (Wildman–Crippen LogP) is 0.758. The molecular weight excluding hydrogens is 196 g/mol. The van der Waals surface area contributed by atoms with Gasteiger partial charge in [-0.05, 0) is 12.1 Å². The van der Waals surface area contributed by atoms with Crippen LogP contribution in [-0.2, 0) is 9.59 Å². The first-order valence-corrected chi connectivity index (χ1v) is 3.64. The minimum Gasteiger partial charge on any atom is -0.474 e. The number of carboxylic acid groups (broad SMARTS) is 1. The smallest absolute Gasteiger partial charge is 0.394 e. The molecule has 0 aromatic carbocycles. The second-order valence-corrected chi connectivity index (χ2v) is 2.46. The lowest BCUT2D eigenvalue weighted by Gasteiger charge is -2.01. The fraction of sp³-hybridized carbons (Fsp3) is 0. The summed E-state index contributed by atoms with van der Waals surface area (Å²) in [5, 5.41) is 10.4. The summed E-state index contributed by atoms with van der Waals surface area (Å²) in [5.41, 5.74) is 0.177. The maximum Gasteiger partial charge on any atom is 0.394 e. The molecule has 0 aliphatic heterocycles. The fourth-order valence-corrected chi connectivity index (χ4v) is 0.822. The minimum absolute atomic E-state index is 0.0529. The van der Waals surface area contributed by atoms with Gasteiger partial charge in [-0.15, -0.1) is 0 Å². The SMILES string of the molecule is O=C(O)C(=O)Nc1cccnc1Cl. The quantitative estimate of drug-likeness (QED) is 0.518. The van der Waals surface area contributed by atoms with Gasteiger partial charge in [0.2, 0.25) is 0 Å². The summed E-state index contributed by atoms with van der Waals surface area (Å²) >= 11 is 5.55. The van der Waals surface area contributed by atoms with Crippen molar-refractivity contribution >= 4 is 29.2 Å². The minimum atomic E-state index is -1.57. The van der Waals surface area contributed by atoms with Crippen LogP contribution in [0.15, 0.2) is 18.3 Å². The van der Waals surface area contributed by atoms with Crippen LogP contribution in [0.1, 0.15) is 0 Å². The number of halogens is 1. The van der Waals surface area contributed by atoms with Crippen molar-refractivity contribution in [2.75, 3.05) is 5.32 Å². The van der Waals surface area contributed by atoms with Gasteiger partial charge in [0, 0.05) is 6.20 Å². The van der Waals surface area contributed by atoms with Crippen LogP contribution in [0.25, 0.3) is 0 Å². The Kier molecular flexibility index (Phi) is 2.81. The number of anilines is 1. The average molecular weight is 201 g/mol. The highest BCUT2D eigenvalue weighted by Gasteiger charge is 2.12. The molecule has 0 aliphatic rings. The fourth-order valence-electron chi connectivity index (χ4n) is 0.655. The first kappa shape index (κ1) is 9.47. The van der Waals surface area contributed by atoms with Gasteiger partial charge in [-0.3, -0.25) is 4.79 Å². The Morgan fingerprint density at radius 3 is 2.77 bits per heavy atom. The van der Waals surface area contributed by atoms with Crippen molar-refractivity contribution in [3.63, 3.8) is 0 Å². The standard InChI is InChI=1S/C7H5ClN2O3/c8-5-4(2-1-3-9-5)10-6(11)7(12)13/h1-3H,(H,10,11)(H,12,13). The Bertz CT molecular complexity index is 353. The number of carboxylic acids is 1. The molecule has 1 aromatic rings. The molecule has 0 radical (unpaired) electrons. The number of hydrogen-bond donors (Lipinski definition) is 2. The zero-order valence-electron chi connectivity index (χ0n) is 6.32. The lowest BCUT2D eigenvalue weighted by Crippen LogP contribution is -2.22. The van der Waals surface area contributed by atoms with Crippen molar-refractivity contribution < 1.29 is 14.7 Å². The molecule has 6 heteroatoms. The number of rotatable bonds is 1. The first-order valence-electron chi connectivity index (χ1n) is 3.26. The van der Waals surface area contributed by atoms with Gasteiger partial charge >= 0.3 is 11.9 Å². The van der Waals surface area contributed by atoms with Crippen molar-refractivity contribution in [1.82, 2.24) is 4.98 Å². The molecule has 0 bridgehead atoms. The van der Waals surface area contributed by atoms with Gasteiger partial charge in [-0.25, -0.2) is 9.78 Å². The highest BCUT2D eigenvalue weighted by molar-refractivity contribution is 6.38. The molecule has 0 unspecified atom stereocenters. The Hall–Kier alpha value is -1.62. The number of carbonyl (C=O) groups excluding carboxylic acids is 1. The van der Waals surface area contributed by atoms with Crippen molar-refractivity contribution in [3.05, 3.63) is 23.5 Å². The predicted molar refractivity (Wildman–Crippen MR) is 45.5 cm³/mol. The second kappa shape index (κ2) is 3.86. The topological polar surface area (TPSA) is 79.3 Å². The van der Waals surface area contributed by atoms with Gasteiger partial charge in [0.05, 0.1) is 5.69 Å². The van der Waals surface area contributed by atoms with Crippen LogP contribution in [0, 0.1) is 0 Å². The number of aromatic nitrogens is 1. The summed E-state index contributed by atoms with van der Waals surface area (Å²) in [7, 11) is 0. The molecule has 0 saturated carbocycles. The van der Waals surface area contributed by atoms with Gasteiger partial charge in [0.25, 0.3) is 0 Å². The normalized spacial score (nSPS) is 9.31. The molecule has 68 valence electrons. The number of carbonyl (C=O) groups is 2. The van der Waals surface area contributed by atoms with Crippen LogP contribution in [-0.4, -0.2) is 22.0 Å². The van der Waals surface area contributed by atoms with Gasteiger partial charge in [0.15, 0.2) is 5.15 Å². The molecule has 1 rings (SSSR count). The Balaban J connectivity index is 2.81. The summed E-state index contributed by atoms with van der Waals surface area (Å²) in [6.07, 6.45) is 1.43. The van der Waals surface area contributed by atoms with Gasteiger partial charge in [0.1, 0.15) is 0 Å². The van der Waals surface area contributed by atoms with E-state index in [0.29, 0.717) is 0 Å². The van der Waals surface area contributed by atoms with Gasteiger partial charge < -0.3 is 10.4 Å². The van der Waals surface area contributed by atoms with Crippen molar-refractivity contribution in [1.29, 1.82) is 0 Å². The number of nitrogens with one attached hydrogen (secondary N) is 1. The number of amides is 1. The van der Waals surface area contributed by atoms with Crippen LogP contribution in [0.5, 0.6) is 0 Å². The van der Waals surface area contributed by atoms with E-state index in [1.54, 1.807) is 0 Å². The summed E-state index contributed by atoms with van der Waals surface area (Å²) in [4.78, 5) is 24.5. The van der Waals surface area contributed by atoms with E-state index in [-0.39, 0.29) is 10.8 Å². The molecule has 1 amide bonds.